The molecule has 2 aromatic carbocycles. The fourth-order valence-electron chi connectivity index (χ4n) is 4.18. The lowest BCUT2D eigenvalue weighted by Gasteiger charge is -2.36. The third kappa shape index (κ3) is 4.20. The van der Waals surface area contributed by atoms with Crippen LogP contribution in [0.3, 0.4) is 0 Å². The molecule has 29 heavy (non-hydrogen) atoms. The number of aryl methyl sites for hydroxylation is 1. The molecule has 150 valence electrons. The number of amides is 1. The second-order valence-electron chi connectivity index (χ2n) is 7.77. The Morgan fingerprint density at radius 3 is 2.90 bits per heavy atom. The molecular formula is C24H25NO3S. The Kier molecular flexibility index (Phi) is 5.69. The van der Waals surface area contributed by atoms with Crippen LogP contribution < -0.4 is 4.90 Å². The molecule has 0 bridgehead atoms. The molecule has 0 spiro atoms. The first-order valence-electron chi connectivity index (χ1n) is 9.98. The third-order valence-electron chi connectivity index (χ3n) is 5.65. The molecule has 1 amide bonds. The molecule has 5 heteroatoms. The summed E-state index contributed by atoms with van der Waals surface area (Å²) in [6.07, 6.45) is 7.94. The molecule has 0 saturated carbocycles. The Morgan fingerprint density at radius 1 is 1.28 bits per heavy atom. The van der Waals surface area contributed by atoms with Crippen LogP contribution in [0.25, 0.3) is 0 Å². The average Bonchev–Trinajstić information content (AvgIpc) is 2.70. The quantitative estimate of drug-likeness (QED) is 0.774. The number of benzene rings is 2. The summed E-state index contributed by atoms with van der Waals surface area (Å²) in [5.41, 5.74) is 2.18. The van der Waals surface area contributed by atoms with Crippen LogP contribution in [0, 0.1) is 12.3 Å². The maximum Gasteiger partial charge on any atom is 0.228 e. The molecule has 1 saturated heterocycles. The van der Waals surface area contributed by atoms with E-state index in [0.717, 1.165) is 33.0 Å². The normalized spacial score (nSPS) is 24.1. The van der Waals surface area contributed by atoms with Crippen LogP contribution in [-0.2, 0) is 21.6 Å². The van der Waals surface area contributed by atoms with Crippen molar-refractivity contribution in [3.8, 4) is 12.3 Å². The summed E-state index contributed by atoms with van der Waals surface area (Å²) in [4.78, 5) is 16.0. The van der Waals surface area contributed by atoms with Crippen LogP contribution >= 0.6 is 11.8 Å². The Labute approximate surface area is 176 Å². The van der Waals surface area contributed by atoms with Crippen molar-refractivity contribution >= 4 is 23.4 Å². The Bertz CT molecular complexity index is 967. The number of terminal acetylenes is 1. The van der Waals surface area contributed by atoms with Gasteiger partial charge in [-0.1, -0.05) is 29.8 Å². The molecule has 1 N–H and O–H groups in total. The molecule has 2 unspecified atom stereocenters. The van der Waals surface area contributed by atoms with E-state index in [1.165, 1.54) is 0 Å². The molecule has 0 aromatic heterocycles. The number of rotatable bonds is 4. The predicted molar refractivity (Wildman–Crippen MR) is 115 cm³/mol. The van der Waals surface area contributed by atoms with E-state index in [4.69, 9.17) is 11.2 Å². The number of fused-ring (bicyclic) bond motifs is 1. The minimum Gasteiger partial charge on any atom is -0.385 e. The van der Waals surface area contributed by atoms with E-state index >= 15 is 0 Å². The first-order chi connectivity index (χ1) is 14.0. The number of hydrogen-bond donors (Lipinski definition) is 1. The van der Waals surface area contributed by atoms with Gasteiger partial charge in [0, 0.05) is 34.7 Å². The summed E-state index contributed by atoms with van der Waals surface area (Å²) >= 11 is 1.67. The van der Waals surface area contributed by atoms with E-state index in [0.29, 0.717) is 32.4 Å². The van der Waals surface area contributed by atoms with E-state index in [2.05, 4.69) is 24.1 Å². The molecule has 0 aliphatic carbocycles. The Hall–Kier alpha value is -2.26. The average molecular weight is 408 g/mol. The van der Waals surface area contributed by atoms with Gasteiger partial charge in [0.1, 0.15) is 0 Å². The maximum absolute atomic E-state index is 12.2. The molecule has 2 aliphatic heterocycles. The topological polar surface area (TPSA) is 49.8 Å². The highest BCUT2D eigenvalue weighted by Gasteiger charge is 2.35. The Morgan fingerprint density at radius 2 is 2.10 bits per heavy atom. The highest BCUT2D eigenvalue weighted by Crippen LogP contribution is 2.38. The molecule has 2 aromatic rings. The van der Waals surface area contributed by atoms with E-state index in [9.17, 15) is 9.90 Å². The molecule has 4 rings (SSSR count). The van der Waals surface area contributed by atoms with E-state index < -0.39 is 5.60 Å². The molecule has 2 aliphatic rings. The summed E-state index contributed by atoms with van der Waals surface area (Å²) < 4.78 is 5.60. The number of hydrogen-bond acceptors (Lipinski definition) is 4. The van der Waals surface area contributed by atoms with Gasteiger partial charge in [-0.15, -0.1) is 6.42 Å². The largest absolute Gasteiger partial charge is 0.385 e. The number of ether oxygens (including phenoxy) is 1. The van der Waals surface area contributed by atoms with Gasteiger partial charge in [0.05, 0.1) is 24.9 Å². The van der Waals surface area contributed by atoms with Crippen molar-refractivity contribution in [3.63, 3.8) is 0 Å². The summed E-state index contributed by atoms with van der Waals surface area (Å²) in [5, 5.41) is 11.1. The smallest absolute Gasteiger partial charge is 0.228 e. The summed E-state index contributed by atoms with van der Waals surface area (Å²) in [7, 11) is 0. The fraction of sp³-hybridized carbons (Fsp3) is 0.375. The lowest BCUT2D eigenvalue weighted by Crippen LogP contribution is -2.37. The number of nitrogens with zero attached hydrogens (tertiary/aromatic N) is 1. The van der Waals surface area contributed by atoms with E-state index in [1.54, 1.807) is 16.7 Å². The molecule has 4 nitrogen and oxygen atoms in total. The summed E-state index contributed by atoms with van der Waals surface area (Å²) in [5.74, 6) is 2.66. The van der Waals surface area contributed by atoms with Gasteiger partial charge in [-0.05, 0) is 54.8 Å². The van der Waals surface area contributed by atoms with Crippen molar-refractivity contribution < 1.29 is 14.6 Å². The zero-order valence-corrected chi connectivity index (χ0v) is 17.4. The lowest BCUT2D eigenvalue weighted by atomic mass is 9.84. The van der Waals surface area contributed by atoms with Gasteiger partial charge >= 0.3 is 0 Å². The Balaban J connectivity index is 1.56. The first-order valence-corrected chi connectivity index (χ1v) is 10.8. The highest BCUT2D eigenvalue weighted by atomic mass is 32.2. The van der Waals surface area contributed by atoms with Gasteiger partial charge in [-0.25, -0.2) is 0 Å². The van der Waals surface area contributed by atoms with Gasteiger partial charge in [-0.2, -0.15) is 0 Å². The minimum atomic E-state index is -0.833. The second-order valence-corrected chi connectivity index (χ2v) is 8.92. The van der Waals surface area contributed by atoms with Crippen molar-refractivity contribution in [1.29, 1.82) is 0 Å². The van der Waals surface area contributed by atoms with Crippen molar-refractivity contribution in [3.05, 3.63) is 53.6 Å². The molecule has 2 heterocycles. The van der Waals surface area contributed by atoms with E-state index in [1.807, 2.05) is 31.2 Å². The van der Waals surface area contributed by atoms with Gasteiger partial charge in [0.15, 0.2) is 0 Å². The van der Waals surface area contributed by atoms with Crippen molar-refractivity contribution in [2.75, 3.05) is 18.1 Å². The second kappa shape index (κ2) is 8.23. The zero-order chi connectivity index (χ0) is 20.4. The molecule has 0 radical (unpaired) electrons. The maximum atomic E-state index is 12.2. The summed E-state index contributed by atoms with van der Waals surface area (Å²) in [6, 6.07) is 14.3. The zero-order valence-electron chi connectivity index (χ0n) is 16.6. The SMILES string of the molecule is C#CCN1C(=O)CCc2cc(Sc3cccc(C4(O)CCOC(C)C4)c3)ccc21. The van der Waals surface area contributed by atoms with Crippen LogP contribution in [0.15, 0.2) is 52.3 Å². The minimum absolute atomic E-state index is 0.0550. The molecular weight excluding hydrogens is 382 g/mol. The summed E-state index contributed by atoms with van der Waals surface area (Å²) in [6.45, 7) is 2.89. The van der Waals surface area contributed by atoms with Gasteiger partial charge in [0.25, 0.3) is 0 Å². The lowest BCUT2D eigenvalue weighted by molar-refractivity contribution is -0.118. The van der Waals surface area contributed by atoms with Gasteiger partial charge in [0.2, 0.25) is 5.91 Å². The monoisotopic (exact) mass is 407 g/mol. The molecule has 2 atom stereocenters. The molecule has 1 fully saturated rings. The van der Waals surface area contributed by atoms with Crippen molar-refractivity contribution in [2.45, 2.75) is 54.1 Å². The number of carbonyl (C=O) groups is 1. The van der Waals surface area contributed by atoms with E-state index in [-0.39, 0.29) is 12.0 Å². The van der Waals surface area contributed by atoms with Gasteiger partial charge < -0.3 is 14.7 Å². The first kappa shape index (κ1) is 20.0. The van der Waals surface area contributed by atoms with Gasteiger partial charge in [-0.3, -0.25) is 4.79 Å². The van der Waals surface area contributed by atoms with Crippen LogP contribution in [0.1, 0.15) is 37.3 Å². The van der Waals surface area contributed by atoms with Crippen LogP contribution in [-0.4, -0.2) is 30.3 Å². The number of aliphatic hydroxyl groups is 1. The standard InChI is InChI=1S/C24H25NO3S/c1-3-12-25-22-9-8-21(14-18(22)7-10-23(25)26)29-20-6-4-5-19(15-20)24(27)11-13-28-17(2)16-24/h1,4-6,8-9,14-15,17,27H,7,10-13,16H2,2H3. The van der Waals surface area contributed by atoms with Crippen LogP contribution in [0.2, 0.25) is 0 Å². The van der Waals surface area contributed by atoms with Crippen LogP contribution in [0.4, 0.5) is 5.69 Å². The third-order valence-corrected chi connectivity index (χ3v) is 6.63. The fourth-order valence-corrected chi connectivity index (χ4v) is 5.12. The number of carbonyl (C=O) groups excluding carboxylic acids is 1. The van der Waals surface area contributed by atoms with Crippen LogP contribution in [0.5, 0.6) is 0 Å². The number of anilines is 1. The predicted octanol–water partition coefficient (Wildman–Crippen LogP) is 4.14. The van der Waals surface area contributed by atoms with Crippen molar-refractivity contribution in [1.82, 2.24) is 0 Å². The highest BCUT2D eigenvalue weighted by molar-refractivity contribution is 7.99. The van der Waals surface area contributed by atoms with Crippen molar-refractivity contribution in [2.24, 2.45) is 0 Å².